The van der Waals surface area contributed by atoms with Crippen molar-refractivity contribution in [1.82, 2.24) is 4.98 Å². The zero-order chi connectivity index (χ0) is 11.5. The number of rotatable bonds is 3. The predicted octanol–water partition coefficient (Wildman–Crippen LogP) is 1.71. The highest BCUT2D eigenvalue weighted by molar-refractivity contribution is 5.88. The molecule has 0 spiro atoms. The standard InChI is InChI=1S/C12H14N2O2/c1-15-10-3-4-11-8(6-10)5-9(7-13)14-12(11)16-2/h3-6H,7,13H2,1-2H3. The fourth-order valence-electron chi connectivity index (χ4n) is 1.64. The smallest absolute Gasteiger partial charge is 0.221 e. The van der Waals surface area contributed by atoms with Crippen molar-refractivity contribution in [3.63, 3.8) is 0 Å². The van der Waals surface area contributed by atoms with E-state index in [1.807, 2.05) is 24.3 Å². The number of pyridine rings is 1. The molecule has 1 aromatic carbocycles. The van der Waals surface area contributed by atoms with Gasteiger partial charge in [0, 0.05) is 11.9 Å². The van der Waals surface area contributed by atoms with E-state index in [0.717, 1.165) is 22.2 Å². The number of hydrogen-bond acceptors (Lipinski definition) is 4. The molecule has 4 heteroatoms. The molecule has 0 radical (unpaired) electrons. The second kappa shape index (κ2) is 4.37. The lowest BCUT2D eigenvalue weighted by Crippen LogP contribution is -2.01. The van der Waals surface area contributed by atoms with Crippen LogP contribution in [0.25, 0.3) is 10.8 Å². The molecule has 0 atom stereocenters. The highest BCUT2D eigenvalue weighted by Crippen LogP contribution is 2.27. The first-order valence-corrected chi connectivity index (χ1v) is 5.00. The lowest BCUT2D eigenvalue weighted by atomic mass is 10.1. The van der Waals surface area contributed by atoms with Gasteiger partial charge in [0.25, 0.3) is 0 Å². The molecular weight excluding hydrogens is 204 g/mol. The Morgan fingerprint density at radius 2 is 2.00 bits per heavy atom. The highest BCUT2D eigenvalue weighted by Gasteiger charge is 2.06. The van der Waals surface area contributed by atoms with Crippen LogP contribution in [0.4, 0.5) is 0 Å². The zero-order valence-corrected chi connectivity index (χ0v) is 9.36. The van der Waals surface area contributed by atoms with Crippen LogP contribution in [0.1, 0.15) is 5.69 Å². The Bertz CT molecular complexity index is 506. The van der Waals surface area contributed by atoms with Crippen LogP contribution in [0.3, 0.4) is 0 Å². The van der Waals surface area contributed by atoms with Crippen molar-refractivity contribution >= 4 is 10.8 Å². The molecule has 0 bridgehead atoms. The van der Waals surface area contributed by atoms with Gasteiger partial charge in [-0.25, -0.2) is 4.98 Å². The number of aromatic nitrogens is 1. The molecule has 0 saturated carbocycles. The Labute approximate surface area is 94.0 Å². The summed E-state index contributed by atoms with van der Waals surface area (Å²) < 4.78 is 10.4. The lowest BCUT2D eigenvalue weighted by Gasteiger charge is -2.08. The Morgan fingerprint density at radius 1 is 1.19 bits per heavy atom. The third-order valence-corrected chi connectivity index (χ3v) is 2.46. The SMILES string of the molecule is COc1ccc2c(OC)nc(CN)cc2c1. The molecule has 0 saturated heterocycles. The summed E-state index contributed by atoms with van der Waals surface area (Å²) in [6, 6.07) is 7.70. The van der Waals surface area contributed by atoms with E-state index in [9.17, 15) is 0 Å². The number of nitrogens with zero attached hydrogens (tertiary/aromatic N) is 1. The summed E-state index contributed by atoms with van der Waals surface area (Å²) >= 11 is 0. The molecule has 0 unspecified atom stereocenters. The fourth-order valence-corrected chi connectivity index (χ4v) is 1.64. The van der Waals surface area contributed by atoms with E-state index < -0.39 is 0 Å². The first kappa shape index (κ1) is 10.7. The summed E-state index contributed by atoms with van der Waals surface area (Å²) in [6.45, 7) is 0.392. The molecule has 1 aromatic heterocycles. The number of benzene rings is 1. The fraction of sp³-hybridized carbons (Fsp3) is 0.250. The quantitative estimate of drug-likeness (QED) is 0.852. The monoisotopic (exact) mass is 218 g/mol. The van der Waals surface area contributed by atoms with Gasteiger partial charge in [-0.15, -0.1) is 0 Å². The van der Waals surface area contributed by atoms with Gasteiger partial charge < -0.3 is 15.2 Å². The van der Waals surface area contributed by atoms with Crippen LogP contribution in [-0.2, 0) is 6.54 Å². The van der Waals surface area contributed by atoms with Crippen LogP contribution >= 0.6 is 0 Å². The van der Waals surface area contributed by atoms with Crippen molar-refractivity contribution in [3.8, 4) is 11.6 Å². The normalized spacial score (nSPS) is 10.4. The lowest BCUT2D eigenvalue weighted by molar-refractivity contribution is 0.401. The Balaban J connectivity index is 2.68. The van der Waals surface area contributed by atoms with Gasteiger partial charge in [-0.3, -0.25) is 0 Å². The van der Waals surface area contributed by atoms with E-state index in [-0.39, 0.29) is 0 Å². The predicted molar refractivity (Wildman–Crippen MR) is 62.7 cm³/mol. The van der Waals surface area contributed by atoms with Gasteiger partial charge >= 0.3 is 0 Å². The summed E-state index contributed by atoms with van der Waals surface area (Å²) in [4.78, 5) is 4.31. The average molecular weight is 218 g/mol. The van der Waals surface area contributed by atoms with Gasteiger partial charge in [0.1, 0.15) is 5.75 Å². The summed E-state index contributed by atoms with van der Waals surface area (Å²) in [5, 5.41) is 1.98. The van der Waals surface area contributed by atoms with E-state index in [2.05, 4.69) is 4.98 Å². The Hall–Kier alpha value is -1.81. The summed E-state index contributed by atoms with van der Waals surface area (Å²) in [6.07, 6.45) is 0. The molecule has 0 aliphatic heterocycles. The number of methoxy groups -OCH3 is 2. The number of nitrogens with two attached hydrogens (primary N) is 1. The van der Waals surface area contributed by atoms with Gasteiger partial charge in [-0.2, -0.15) is 0 Å². The van der Waals surface area contributed by atoms with Gasteiger partial charge in [0.15, 0.2) is 0 Å². The minimum atomic E-state index is 0.392. The van der Waals surface area contributed by atoms with Gasteiger partial charge in [0.2, 0.25) is 5.88 Å². The summed E-state index contributed by atoms with van der Waals surface area (Å²) in [7, 11) is 3.25. The van der Waals surface area contributed by atoms with Crippen molar-refractivity contribution in [3.05, 3.63) is 30.0 Å². The topological polar surface area (TPSA) is 57.4 Å². The molecule has 0 amide bonds. The third kappa shape index (κ3) is 1.79. The molecular formula is C12H14N2O2. The molecule has 0 aliphatic rings. The van der Waals surface area contributed by atoms with Crippen LogP contribution in [0.15, 0.2) is 24.3 Å². The van der Waals surface area contributed by atoms with Crippen molar-refractivity contribution in [1.29, 1.82) is 0 Å². The molecule has 2 N–H and O–H groups in total. The van der Waals surface area contributed by atoms with Crippen molar-refractivity contribution in [2.24, 2.45) is 5.73 Å². The number of fused-ring (bicyclic) bond motifs is 1. The summed E-state index contributed by atoms with van der Waals surface area (Å²) in [5.74, 6) is 1.41. The molecule has 0 fully saturated rings. The molecule has 2 aromatic rings. The van der Waals surface area contributed by atoms with Crippen LogP contribution in [0.5, 0.6) is 11.6 Å². The minimum Gasteiger partial charge on any atom is -0.497 e. The minimum absolute atomic E-state index is 0.392. The second-order valence-corrected chi connectivity index (χ2v) is 3.41. The molecule has 2 rings (SSSR count). The molecule has 1 heterocycles. The van der Waals surface area contributed by atoms with Crippen LogP contribution in [0, 0.1) is 0 Å². The van der Waals surface area contributed by atoms with Crippen LogP contribution in [-0.4, -0.2) is 19.2 Å². The maximum Gasteiger partial charge on any atom is 0.221 e. The van der Waals surface area contributed by atoms with E-state index in [4.69, 9.17) is 15.2 Å². The summed E-state index contributed by atoms with van der Waals surface area (Å²) in [5.41, 5.74) is 6.39. The van der Waals surface area contributed by atoms with Crippen LogP contribution < -0.4 is 15.2 Å². The molecule has 4 nitrogen and oxygen atoms in total. The van der Waals surface area contributed by atoms with Crippen LogP contribution in [0.2, 0.25) is 0 Å². The van der Waals surface area contributed by atoms with Gasteiger partial charge in [-0.05, 0) is 29.7 Å². The second-order valence-electron chi connectivity index (χ2n) is 3.41. The maximum atomic E-state index is 5.59. The van der Waals surface area contributed by atoms with E-state index in [1.165, 1.54) is 0 Å². The largest absolute Gasteiger partial charge is 0.497 e. The molecule has 84 valence electrons. The number of ether oxygens (including phenoxy) is 2. The third-order valence-electron chi connectivity index (χ3n) is 2.46. The Kier molecular flexibility index (Phi) is 2.92. The zero-order valence-electron chi connectivity index (χ0n) is 9.36. The van der Waals surface area contributed by atoms with E-state index in [0.29, 0.717) is 12.4 Å². The first-order valence-electron chi connectivity index (χ1n) is 5.00. The Morgan fingerprint density at radius 3 is 2.62 bits per heavy atom. The maximum absolute atomic E-state index is 5.59. The van der Waals surface area contributed by atoms with E-state index >= 15 is 0 Å². The van der Waals surface area contributed by atoms with Crippen molar-refractivity contribution < 1.29 is 9.47 Å². The average Bonchev–Trinajstić information content (AvgIpc) is 2.36. The van der Waals surface area contributed by atoms with Gasteiger partial charge in [-0.1, -0.05) is 0 Å². The molecule has 16 heavy (non-hydrogen) atoms. The van der Waals surface area contributed by atoms with E-state index in [1.54, 1.807) is 14.2 Å². The first-order chi connectivity index (χ1) is 7.78. The number of hydrogen-bond donors (Lipinski definition) is 1. The van der Waals surface area contributed by atoms with Crippen molar-refractivity contribution in [2.45, 2.75) is 6.54 Å². The van der Waals surface area contributed by atoms with Gasteiger partial charge in [0.05, 0.1) is 19.9 Å². The highest BCUT2D eigenvalue weighted by atomic mass is 16.5. The van der Waals surface area contributed by atoms with Crippen molar-refractivity contribution in [2.75, 3.05) is 14.2 Å². The molecule has 0 aliphatic carbocycles.